The van der Waals surface area contributed by atoms with Crippen LogP contribution in [0.3, 0.4) is 0 Å². The van der Waals surface area contributed by atoms with Crippen LogP contribution in [-0.4, -0.2) is 21.2 Å². The highest BCUT2D eigenvalue weighted by Crippen LogP contribution is 2.28. The first-order valence-electron chi connectivity index (χ1n) is 4.37. The summed E-state index contributed by atoms with van der Waals surface area (Å²) < 4.78 is 4.99. The fraction of sp³-hybridized carbons (Fsp3) is 0. The van der Waals surface area contributed by atoms with E-state index in [4.69, 9.17) is 15.3 Å². The topological polar surface area (TPSA) is 110 Å². The number of nitrogen functional groups attached to an aromatic ring is 1. The number of hydrogen-bond acceptors (Lipinski definition) is 5. The summed E-state index contributed by atoms with van der Waals surface area (Å²) in [5.41, 5.74) is 5.42. The number of carboxylic acids is 1. The molecule has 0 bridgehead atoms. The Kier molecular flexibility index (Phi) is 2.24. The van der Waals surface area contributed by atoms with Crippen LogP contribution < -0.4 is 5.73 Å². The average Bonchev–Trinajstić information content (AvgIpc) is 2.60. The van der Waals surface area contributed by atoms with Crippen molar-refractivity contribution in [3.63, 3.8) is 0 Å². The van der Waals surface area contributed by atoms with Crippen molar-refractivity contribution in [1.29, 1.82) is 0 Å². The van der Waals surface area contributed by atoms with Crippen LogP contribution in [0.1, 0.15) is 10.5 Å². The predicted octanol–water partition coefficient (Wildman–Crippen LogP) is 1.33. The maximum absolute atomic E-state index is 10.9. The average molecular weight is 220 g/mol. The predicted molar refractivity (Wildman–Crippen MR) is 55.0 cm³/mol. The van der Waals surface area contributed by atoms with Crippen molar-refractivity contribution < 1.29 is 19.4 Å². The zero-order valence-corrected chi connectivity index (χ0v) is 8.04. The second-order valence-corrected chi connectivity index (χ2v) is 3.09. The lowest BCUT2D eigenvalue weighted by Crippen LogP contribution is -1.99. The second kappa shape index (κ2) is 3.58. The molecule has 0 radical (unpaired) electrons. The molecule has 0 aliphatic heterocycles. The second-order valence-electron chi connectivity index (χ2n) is 3.09. The van der Waals surface area contributed by atoms with Gasteiger partial charge in [-0.2, -0.15) is 4.98 Å². The normalized spacial score (nSPS) is 10.2. The molecule has 2 rings (SSSR count). The van der Waals surface area contributed by atoms with E-state index < -0.39 is 5.97 Å². The van der Waals surface area contributed by atoms with Crippen LogP contribution in [0.2, 0.25) is 0 Å². The highest BCUT2D eigenvalue weighted by atomic mass is 16.4. The van der Waals surface area contributed by atoms with Crippen LogP contribution in [0.25, 0.3) is 11.3 Å². The third kappa shape index (κ3) is 1.68. The highest BCUT2D eigenvalue weighted by molar-refractivity contribution is 5.92. The number of benzene rings is 1. The van der Waals surface area contributed by atoms with Crippen molar-refractivity contribution in [3.8, 4) is 17.1 Å². The molecule has 1 heterocycles. The van der Waals surface area contributed by atoms with Gasteiger partial charge in [-0.15, -0.1) is 0 Å². The Hall–Kier alpha value is -2.50. The van der Waals surface area contributed by atoms with E-state index in [2.05, 4.69) is 4.98 Å². The SMILES string of the molecule is Nc1nc(C(=O)O)c(-c2cccc(O)c2)o1. The maximum atomic E-state index is 10.9. The van der Waals surface area contributed by atoms with Gasteiger partial charge in [-0.3, -0.25) is 0 Å². The quantitative estimate of drug-likeness (QED) is 0.704. The lowest BCUT2D eigenvalue weighted by atomic mass is 10.1. The molecule has 0 saturated heterocycles. The van der Waals surface area contributed by atoms with Gasteiger partial charge >= 0.3 is 5.97 Å². The molecule has 0 atom stereocenters. The minimum absolute atomic E-state index is 0.00353. The van der Waals surface area contributed by atoms with Crippen molar-refractivity contribution in [2.24, 2.45) is 0 Å². The number of nitrogens with two attached hydrogens (primary N) is 1. The van der Waals surface area contributed by atoms with Gasteiger partial charge in [-0.1, -0.05) is 12.1 Å². The van der Waals surface area contributed by atoms with E-state index in [9.17, 15) is 9.90 Å². The maximum Gasteiger partial charge on any atom is 0.358 e. The molecule has 0 saturated carbocycles. The summed E-state index contributed by atoms with van der Waals surface area (Å²) in [5, 5.41) is 18.1. The Morgan fingerprint density at radius 2 is 2.19 bits per heavy atom. The Balaban J connectivity index is 2.59. The number of rotatable bonds is 2. The third-order valence-electron chi connectivity index (χ3n) is 1.95. The van der Waals surface area contributed by atoms with E-state index >= 15 is 0 Å². The Morgan fingerprint density at radius 1 is 1.44 bits per heavy atom. The molecular weight excluding hydrogens is 212 g/mol. The molecule has 6 nitrogen and oxygen atoms in total. The molecule has 1 aromatic carbocycles. The summed E-state index contributed by atoms with van der Waals surface area (Å²) in [6.45, 7) is 0. The van der Waals surface area contributed by atoms with Crippen molar-refractivity contribution in [1.82, 2.24) is 4.98 Å². The summed E-state index contributed by atoms with van der Waals surface area (Å²) in [4.78, 5) is 14.4. The van der Waals surface area contributed by atoms with Gasteiger partial charge < -0.3 is 20.4 Å². The van der Waals surface area contributed by atoms with E-state index in [0.717, 1.165) is 0 Å². The van der Waals surface area contributed by atoms with Gasteiger partial charge in [0.05, 0.1) is 0 Å². The molecule has 82 valence electrons. The molecule has 0 aliphatic carbocycles. The molecule has 16 heavy (non-hydrogen) atoms. The molecular formula is C10H8N2O4. The van der Waals surface area contributed by atoms with Crippen LogP contribution >= 0.6 is 0 Å². The molecule has 0 amide bonds. The number of anilines is 1. The Labute approximate surface area is 90.0 Å². The number of phenols is 1. The molecule has 1 aromatic heterocycles. The standard InChI is InChI=1S/C10H8N2O4/c11-10-12-7(9(14)15)8(16-10)5-2-1-3-6(13)4-5/h1-4,13H,(H2,11,12)(H,14,15). The number of phenolic OH excluding ortho intramolecular Hbond substituents is 1. The number of carbonyl (C=O) groups is 1. The first-order valence-corrected chi connectivity index (χ1v) is 4.37. The van der Waals surface area contributed by atoms with Crippen LogP contribution in [0.5, 0.6) is 5.75 Å². The summed E-state index contributed by atoms with van der Waals surface area (Å²) in [5.74, 6) is -1.21. The van der Waals surface area contributed by atoms with E-state index in [1.807, 2.05) is 0 Å². The van der Waals surface area contributed by atoms with Crippen LogP contribution in [0, 0.1) is 0 Å². The van der Waals surface area contributed by atoms with Gasteiger partial charge in [0.1, 0.15) is 5.75 Å². The van der Waals surface area contributed by atoms with Gasteiger partial charge in [0.15, 0.2) is 11.5 Å². The van der Waals surface area contributed by atoms with Gasteiger partial charge in [-0.25, -0.2) is 4.79 Å². The van der Waals surface area contributed by atoms with Crippen molar-refractivity contribution in [2.45, 2.75) is 0 Å². The Bertz CT molecular complexity index is 548. The largest absolute Gasteiger partial charge is 0.508 e. The van der Waals surface area contributed by atoms with Gasteiger partial charge in [0.25, 0.3) is 6.01 Å². The van der Waals surface area contributed by atoms with Crippen LogP contribution in [-0.2, 0) is 0 Å². The minimum Gasteiger partial charge on any atom is -0.508 e. The van der Waals surface area contributed by atoms with Gasteiger partial charge in [-0.05, 0) is 12.1 Å². The van der Waals surface area contributed by atoms with Gasteiger partial charge in [0, 0.05) is 5.56 Å². The number of nitrogens with zero attached hydrogens (tertiary/aromatic N) is 1. The van der Waals surface area contributed by atoms with Crippen molar-refractivity contribution >= 4 is 12.0 Å². The van der Waals surface area contributed by atoms with Crippen molar-refractivity contribution in [3.05, 3.63) is 30.0 Å². The highest BCUT2D eigenvalue weighted by Gasteiger charge is 2.19. The number of aromatic carboxylic acids is 1. The fourth-order valence-electron chi connectivity index (χ4n) is 1.32. The number of oxazole rings is 1. The van der Waals surface area contributed by atoms with Crippen LogP contribution in [0.4, 0.5) is 6.01 Å². The van der Waals surface area contributed by atoms with E-state index in [1.54, 1.807) is 12.1 Å². The number of aromatic nitrogens is 1. The lowest BCUT2D eigenvalue weighted by molar-refractivity contribution is 0.0691. The molecule has 0 unspecified atom stereocenters. The monoisotopic (exact) mass is 220 g/mol. The van der Waals surface area contributed by atoms with Crippen molar-refractivity contribution in [2.75, 3.05) is 5.73 Å². The summed E-state index contributed by atoms with van der Waals surface area (Å²) in [6.07, 6.45) is 0. The number of hydrogen-bond donors (Lipinski definition) is 3. The molecule has 0 spiro atoms. The molecule has 4 N–H and O–H groups in total. The molecule has 6 heteroatoms. The van der Waals surface area contributed by atoms with E-state index in [-0.39, 0.29) is 23.2 Å². The third-order valence-corrected chi connectivity index (χ3v) is 1.95. The van der Waals surface area contributed by atoms with E-state index in [1.165, 1.54) is 12.1 Å². The van der Waals surface area contributed by atoms with Crippen LogP contribution in [0.15, 0.2) is 28.7 Å². The fourth-order valence-corrected chi connectivity index (χ4v) is 1.32. The zero-order chi connectivity index (χ0) is 11.7. The number of aromatic hydroxyl groups is 1. The first kappa shape index (κ1) is 10.0. The smallest absolute Gasteiger partial charge is 0.358 e. The molecule has 2 aromatic rings. The Morgan fingerprint density at radius 3 is 2.81 bits per heavy atom. The lowest BCUT2D eigenvalue weighted by Gasteiger charge is -1.98. The molecule has 0 aliphatic rings. The summed E-state index contributed by atoms with van der Waals surface area (Å²) in [6, 6.07) is 5.76. The molecule has 0 fully saturated rings. The van der Waals surface area contributed by atoms with E-state index in [0.29, 0.717) is 5.56 Å². The summed E-state index contributed by atoms with van der Waals surface area (Å²) in [7, 11) is 0. The first-order chi connectivity index (χ1) is 7.58. The minimum atomic E-state index is -1.24. The number of carboxylic acid groups (broad SMARTS) is 1. The summed E-state index contributed by atoms with van der Waals surface area (Å²) >= 11 is 0. The zero-order valence-electron chi connectivity index (χ0n) is 8.04. The van der Waals surface area contributed by atoms with Gasteiger partial charge in [0.2, 0.25) is 0 Å².